The molecule has 1 aromatic rings. The maximum absolute atomic E-state index is 11.3. The summed E-state index contributed by atoms with van der Waals surface area (Å²) in [5.41, 5.74) is 1.25. The van der Waals surface area contributed by atoms with Crippen molar-refractivity contribution in [3.8, 4) is 11.5 Å². The van der Waals surface area contributed by atoms with Gasteiger partial charge in [0.25, 0.3) is 0 Å². The largest absolute Gasteiger partial charge is 0.480 e. The Hall–Kier alpha value is -1.79. The number of carboxylic acids is 1. The minimum absolute atomic E-state index is 0.145. The van der Waals surface area contributed by atoms with Crippen LogP contribution in [0.15, 0.2) is 18.2 Å². The van der Waals surface area contributed by atoms with Crippen molar-refractivity contribution in [2.45, 2.75) is 30.8 Å². The summed E-state index contributed by atoms with van der Waals surface area (Å²) >= 11 is 0. The van der Waals surface area contributed by atoms with E-state index in [-0.39, 0.29) is 13.3 Å². The van der Waals surface area contributed by atoms with Crippen molar-refractivity contribution in [1.82, 2.24) is 9.80 Å². The number of aliphatic carboxylic acids is 1. The van der Waals surface area contributed by atoms with E-state index in [0.717, 1.165) is 31.1 Å². The topological polar surface area (TPSA) is 62.2 Å². The molecule has 5 aliphatic rings. The van der Waals surface area contributed by atoms with Gasteiger partial charge in [0.2, 0.25) is 6.79 Å². The third-order valence-electron chi connectivity index (χ3n) is 6.26. The van der Waals surface area contributed by atoms with Crippen LogP contribution in [0.5, 0.6) is 11.5 Å². The van der Waals surface area contributed by atoms with Crippen LogP contribution in [0.2, 0.25) is 0 Å². The Bertz CT molecular complexity index is 671. The highest BCUT2D eigenvalue weighted by molar-refractivity contribution is 5.69. The zero-order valence-electron chi connectivity index (χ0n) is 13.6. The van der Waals surface area contributed by atoms with E-state index in [9.17, 15) is 9.90 Å². The van der Waals surface area contributed by atoms with Crippen molar-refractivity contribution >= 4 is 5.97 Å². The monoisotopic (exact) mass is 330 g/mol. The highest BCUT2D eigenvalue weighted by Gasteiger charge is 2.53. The molecule has 2 bridgehead atoms. The average molecular weight is 330 g/mol. The van der Waals surface area contributed by atoms with E-state index in [1.165, 1.54) is 18.4 Å². The number of rotatable bonds is 3. The van der Waals surface area contributed by atoms with Crippen molar-refractivity contribution in [2.24, 2.45) is 5.92 Å². The molecular weight excluding hydrogens is 308 g/mol. The van der Waals surface area contributed by atoms with Crippen LogP contribution in [-0.4, -0.2) is 65.9 Å². The first kappa shape index (κ1) is 14.5. The molecule has 0 aromatic heterocycles. The normalized spacial score (nSPS) is 36.8. The molecule has 6 heteroatoms. The number of hydrogen-bond acceptors (Lipinski definition) is 5. The number of nitrogens with zero attached hydrogens (tertiary/aromatic N) is 2. The first-order valence-electron chi connectivity index (χ1n) is 8.80. The van der Waals surface area contributed by atoms with Crippen LogP contribution >= 0.6 is 0 Å². The Labute approximate surface area is 140 Å². The van der Waals surface area contributed by atoms with E-state index in [2.05, 4.69) is 21.9 Å². The fraction of sp³-hybridized carbons (Fsp3) is 0.611. The van der Waals surface area contributed by atoms with E-state index in [4.69, 9.17) is 9.47 Å². The Morgan fingerprint density at radius 2 is 1.96 bits per heavy atom. The number of fused-ring (bicyclic) bond motifs is 3. The number of carboxylic acid groups (broad SMARTS) is 1. The molecular formula is C18H22N2O4. The second-order valence-electron chi connectivity index (χ2n) is 7.40. The van der Waals surface area contributed by atoms with E-state index in [0.29, 0.717) is 23.9 Å². The first-order chi connectivity index (χ1) is 11.7. The van der Waals surface area contributed by atoms with E-state index < -0.39 is 5.97 Å². The SMILES string of the molecule is O=C(O)CN1C[C@H](c2ccc3c(c2)OCO3)[C@H]2[C@@H]1C1CCN2CC1. The summed E-state index contributed by atoms with van der Waals surface area (Å²) in [6, 6.07) is 7.01. The predicted octanol–water partition coefficient (Wildman–Crippen LogP) is 1.36. The summed E-state index contributed by atoms with van der Waals surface area (Å²) in [5.74, 6) is 1.87. The fourth-order valence-electron chi connectivity index (χ4n) is 5.33. The van der Waals surface area contributed by atoms with Gasteiger partial charge in [0.05, 0.1) is 6.54 Å². The number of carbonyl (C=O) groups is 1. The summed E-state index contributed by atoms with van der Waals surface area (Å²) in [4.78, 5) is 16.1. The molecule has 0 aliphatic carbocycles. The average Bonchev–Trinajstić information content (AvgIpc) is 3.20. The fourth-order valence-corrected chi connectivity index (χ4v) is 5.33. The molecule has 5 heterocycles. The van der Waals surface area contributed by atoms with Gasteiger partial charge in [0.1, 0.15) is 0 Å². The Balaban J connectivity index is 1.50. The van der Waals surface area contributed by atoms with Crippen molar-refractivity contribution in [2.75, 3.05) is 33.0 Å². The number of likely N-dealkylation sites (tertiary alicyclic amines) is 1. The highest BCUT2D eigenvalue weighted by atomic mass is 16.7. The molecule has 0 saturated carbocycles. The zero-order valence-corrected chi connectivity index (χ0v) is 13.6. The standard InChI is InChI=1S/C18H22N2O4/c21-16(22)9-20-8-13(12-1-2-14-15(7-12)24-10-23-14)18-17(20)11-3-5-19(18)6-4-11/h1-2,7,11,13,17-18H,3-6,8-10H2,(H,21,22)/t13-,17+,18+/m1/s1. The lowest BCUT2D eigenvalue weighted by Crippen LogP contribution is -2.60. The first-order valence-corrected chi connectivity index (χ1v) is 8.80. The molecule has 5 aliphatic heterocycles. The lowest BCUT2D eigenvalue weighted by molar-refractivity contribution is -0.139. The van der Waals surface area contributed by atoms with E-state index in [1.54, 1.807) is 0 Å². The maximum atomic E-state index is 11.3. The number of benzene rings is 1. The maximum Gasteiger partial charge on any atom is 0.317 e. The van der Waals surface area contributed by atoms with Gasteiger partial charge >= 0.3 is 5.97 Å². The molecule has 6 nitrogen and oxygen atoms in total. The molecule has 6 rings (SSSR count). The number of hydrogen-bond donors (Lipinski definition) is 1. The van der Waals surface area contributed by atoms with Crippen LogP contribution < -0.4 is 9.47 Å². The quantitative estimate of drug-likeness (QED) is 0.903. The number of piperidine rings is 3. The summed E-state index contributed by atoms with van der Waals surface area (Å²) in [6.07, 6.45) is 2.40. The molecule has 4 fully saturated rings. The predicted molar refractivity (Wildman–Crippen MR) is 86.4 cm³/mol. The van der Waals surface area contributed by atoms with Crippen LogP contribution in [0.4, 0.5) is 0 Å². The molecule has 4 saturated heterocycles. The van der Waals surface area contributed by atoms with Crippen LogP contribution in [-0.2, 0) is 4.79 Å². The molecule has 1 N–H and O–H groups in total. The summed E-state index contributed by atoms with van der Waals surface area (Å²) < 4.78 is 11.0. The molecule has 0 spiro atoms. The van der Waals surface area contributed by atoms with Crippen LogP contribution in [0.1, 0.15) is 24.3 Å². The van der Waals surface area contributed by atoms with Crippen LogP contribution in [0.25, 0.3) is 0 Å². The van der Waals surface area contributed by atoms with Gasteiger partial charge in [-0.2, -0.15) is 0 Å². The van der Waals surface area contributed by atoms with Gasteiger partial charge < -0.3 is 14.6 Å². The van der Waals surface area contributed by atoms with Crippen molar-refractivity contribution in [1.29, 1.82) is 0 Å². The Morgan fingerprint density at radius 3 is 2.75 bits per heavy atom. The third kappa shape index (κ3) is 2.13. The van der Waals surface area contributed by atoms with Gasteiger partial charge in [0.15, 0.2) is 11.5 Å². The summed E-state index contributed by atoms with van der Waals surface area (Å²) in [6.45, 7) is 3.54. The zero-order chi connectivity index (χ0) is 16.3. The molecule has 0 radical (unpaired) electrons. The van der Waals surface area contributed by atoms with E-state index in [1.807, 2.05) is 6.07 Å². The second-order valence-corrected chi connectivity index (χ2v) is 7.40. The van der Waals surface area contributed by atoms with Crippen molar-refractivity contribution in [3.05, 3.63) is 23.8 Å². The minimum atomic E-state index is -0.725. The van der Waals surface area contributed by atoms with Gasteiger partial charge in [-0.1, -0.05) is 6.07 Å². The lowest BCUT2D eigenvalue weighted by atomic mass is 9.75. The molecule has 3 atom stereocenters. The molecule has 0 unspecified atom stereocenters. The third-order valence-corrected chi connectivity index (χ3v) is 6.26. The second kappa shape index (κ2) is 5.36. The highest BCUT2D eigenvalue weighted by Crippen LogP contribution is 2.47. The molecule has 0 amide bonds. The summed E-state index contributed by atoms with van der Waals surface area (Å²) in [7, 11) is 0. The lowest BCUT2D eigenvalue weighted by Gasteiger charge is -2.51. The van der Waals surface area contributed by atoms with E-state index >= 15 is 0 Å². The van der Waals surface area contributed by atoms with Crippen LogP contribution in [0, 0.1) is 5.92 Å². The molecule has 128 valence electrons. The summed E-state index contributed by atoms with van der Waals surface area (Å²) in [5, 5.41) is 9.33. The molecule has 1 aromatic carbocycles. The van der Waals surface area contributed by atoms with Gasteiger partial charge in [-0.25, -0.2) is 0 Å². The van der Waals surface area contributed by atoms with Crippen LogP contribution in [0.3, 0.4) is 0 Å². The molecule has 24 heavy (non-hydrogen) atoms. The van der Waals surface area contributed by atoms with Gasteiger partial charge in [-0.15, -0.1) is 0 Å². The minimum Gasteiger partial charge on any atom is -0.480 e. The van der Waals surface area contributed by atoms with Gasteiger partial charge in [-0.3, -0.25) is 14.6 Å². The van der Waals surface area contributed by atoms with Gasteiger partial charge in [-0.05, 0) is 49.5 Å². The van der Waals surface area contributed by atoms with Crippen molar-refractivity contribution < 1.29 is 19.4 Å². The van der Waals surface area contributed by atoms with Crippen molar-refractivity contribution in [3.63, 3.8) is 0 Å². The van der Waals surface area contributed by atoms with Gasteiger partial charge in [0, 0.05) is 24.5 Å². The smallest absolute Gasteiger partial charge is 0.317 e. The number of ether oxygens (including phenoxy) is 2. The Kier molecular flexibility index (Phi) is 3.25. The Morgan fingerprint density at radius 1 is 1.17 bits per heavy atom.